The monoisotopic (exact) mass is 223 g/mol. The van der Waals surface area contributed by atoms with Crippen LogP contribution in [0.4, 0.5) is 8.78 Å². The first-order chi connectivity index (χ1) is 6.61. The van der Waals surface area contributed by atoms with E-state index in [1.165, 1.54) is 7.11 Å². The number of pyridine rings is 1. The second-order valence-electron chi connectivity index (χ2n) is 2.46. The normalized spacial score (nSPS) is 10.7. The molecule has 0 atom stereocenters. The molecule has 1 aromatic heterocycles. The topological polar surface area (TPSA) is 42.4 Å². The molecule has 0 spiro atoms. The van der Waals surface area contributed by atoms with Crippen molar-refractivity contribution in [2.24, 2.45) is 0 Å². The lowest BCUT2D eigenvalue weighted by molar-refractivity contribution is 0.141. The molecule has 14 heavy (non-hydrogen) atoms. The van der Waals surface area contributed by atoms with E-state index in [1.54, 1.807) is 0 Å². The van der Waals surface area contributed by atoms with E-state index in [9.17, 15) is 8.78 Å². The second kappa shape index (κ2) is 4.52. The summed E-state index contributed by atoms with van der Waals surface area (Å²) in [6, 6.07) is 0. The number of ether oxygens (including phenoxy) is 1. The zero-order valence-corrected chi connectivity index (χ0v) is 8.05. The van der Waals surface area contributed by atoms with Gasteiger partial charge in [-0.25, -0.2) is 8.78 Å². The molecule has 6 heteroatoms. The summed E-state index contributed by atoms with van der Waals surface area (Å²) in [6.07, 6.45) is -1.61. The molecule has 0 aliphatic rings. The van der Waals surface area contributed by atoms with Crippen molar-refractivity contribution >= 4 is 11.6 Å². The molecule has 0 aliphatic heterocycles. The highest BCUT2D eigenvalue weighted by molar-refractivity contribution is 6.32. The maximum absolute atomic E-state index is 12.6. The van der Waals surface area contributed by atoms with Crippen LogP contribution in [-0.4, -0.2) is 17.2 Å². The Bertz CT molecular complexity index is 333. The molecule has 1 N–H and O–H groups in total. The molecule has 0 saturated carbocycles. The Morgan fingerprint density at radius 3 is 2.71 bits per heavy atom. The summed E-state index contributed by atoms with van der Waals surface area (Å²) in [5.41, 5.74) is -0.580. The first-order valence-electron chi connectivity index (χ1n) is 3.72. The van der Waals surface area contributed by atoms with E-state index in [0.29, 0.717) is 0 Å². The number of nitrogens with zero attached hydrogens (tertiary/aromatic N) is 1. The molecule has 1 rings (SSSR count). The van der Waals surface area contributed by atoms with E-state index < -0.39 is 18.6 Å². The lowest BCUT2D eigenvalue weighted by Crippen LogP contribution is -2.02. The van der Waals surface area contributed by atoms with Crippen LogP contribution in [0, 0.1) is 0 Å². The van der Waals surface area contributed by atoms with Gasteiger partial charge in [0.1, 0.15) is 10.8 Å². The molecule has 0 bridgehead atoms. The average molecular weight is 224 g/mol. The number of hydrogen-bond acceptors (Lipinski definition) is 3. The predicted molar refractivity (Wildman–Crippen MR) is 46.7 cm³/mol. The second-order valence-corrected chi connectivity index (χ2v) is 2.87. The summed E-state index contributed by atoms with van der Waals surface area (Å²) in [6.45, 7) is -0.576. The zero-order chi connectivity index (χ0) is 10.7. The fourth-order valence-electron chi connectivity index (χ4n) is 1.08. The van der Waals surface area contributed by atoms with Gasteiger partial charge in [0, 0.05) is 6.20 Å². The molecule has 0 radical (unpaired) electrons. The fourth-order valence-corrected chi connectivity index (χ4v) is 1.31. The molecule has 3 nitrogen and oxygen atoms in total. The number of aromatic nitrogens is 1. The number of aliphatic hydroxyl groups is 1. The van der Waals surface area contributed by atoms with Gasteiger partial charge >= 0.3 is 0 Å². The molecule has 1 aromatic rings. The van der Waals surface area contributed by atoms with Crippen molar-refractivity contribution in [2.75, 3.05) is 7.11 Å². The highest BCUT2D eigenvalue weighted by atomic mass is 35.5. The van der Waals surface area contributed by atoms with Gasteiger partial charge in [0.25, 0.3) is 6.43 Å². The predicted octanol–water partition coefficient (Wildman–Crippen LogP) is 2.17. The van der Waals surface area contributed by atoms with Gasteiger partial charge in [0.05, 0.1) is 25.0 Å². The van der Waals surface area contributed by atoms with Crippen molar-refractivity contribution in [3.05, 3.63) is 22.5 Å². The lowest BCUT2D eigenvalue weighted by atomic mass is 10.2. The van der Waals surface area contributed by atoms with Crippen molar-refractivity contribution in [1.82, 2.24) is 4.98 Å². The SMILES string of the molecule is COc1c(Cl)cnc(CO)c1C(F)F. The summed E-state index contributed by atoms with van der Waals surface area (Å²) >= 11 is 5.60. The van der Waals surface area contributed by atoms with Crippen molar-refractivity contribution < 1.29 is 18.6 Å². The summed E-state index contributed by atoms with van der Waals surface area (Å²) in [4.78, 5) is 3.58. The van der Waals surface area contributed by atoms with Gasteiger partial charge in [-0.05, 0) is 0 Å². The first kappa shape index (κ1) is 11.1. The van der Waals surface area contributed by atoms with Crippen molar-refractivity contribution in [2.45, 2.75) is 13.0 Å². The van der Waals surface area contributed by atoms with Gasteiger partial charge in [-0.3, -0.25) is 4.98 Å². The summed E-state index contributed by atoms with van der Waals surface area (Å²) < 4.78 is 29.8. The van der Waals surface area contributed by atoms with Gasteiger partial charge in [-0.15, -0.1) is 0 Å². The van der Waals surface area contributed by atoms with E-state index in [2.05, 4.69) is 4.98 Å². The highest BCUT2D eigenvalue weighted by Gasteiger charge is 2.21. The van der Waals surface area contributed by atoms with Crippen LogP contribution in [0.15, 0.2) is 6.20 Å². The molecule has 0 aliphatic carbocycles. The highest BCUT2D eigenvalue weighted by Crippen LogP contribution is 2.36. The third kappa shape index (κ3) is 1.93. The van der Waals surface area contributed by atoms with Crippen LogP contribution >= 0.6 is 11.6 Å². The van der Waals surface area contributed by atoms with Crippen LogP contribution in [0.5, 0.6) is 5.75 Å². The largest absolute Gasteiger partial charge is 0.495 e. The minimum absolute atomic E-state index is 0.000000000000000222. The number of aliphatic hydroxyl groups excluding tert-OH is 1. The maximum Gasteiger partial charge on any atom is 0.269 e. The molecule has 1 heterocycles. The van der Waals surface area contributed by atoms with Crippen LogP contribution in [0.1, 0.15) is 17.7 Å². The number of hydrogen-bond donors (Lipinski definition) is 1. The Labute approximate surface area is 84.3 Å². The van der Waals surface area contributed by atoms with E-state index in [4.69, 9.17) is 21.4 Å². The van der Waals surface area contributed by atoms with Crippen molar-refractivity contribution in [3.63, 3.8) is 0 Å². The Morgan fingerprint density at radius 2 is 2.29 bits per heavy atom. The van der Waals surface area contributed by atoms with E-state index >= 15 is 0 Å². The Hall–Kier alpha value is -0.940. The van der Waals surface area contributed by atoms with Crippen LogP contribution < -0.4 is 4.74 Å². The molecular weight excluding hydrogens is 216 g/mol. The Morgan fingerprint density at radius 1 is 1.64 bits per heavy atom. The molecule has 78 valence electrons. The van der Waals surface area contributed by atoms with Crippen LogP contribution in [0.25, 0.3) is 0 Å². The zero-order valence-electron chi connectivity index (χ0n) is 7.30. The Kier molecular flexibility index (Phi) is 3.60. The van der Waals surface area contributed by atoms with Gasteiger partial charge in [0.2, 0.25) is 0 Å². The standard InChI is InChI=1S/C8H8ClF2NO2/c1-14-7-4(9)2-12-5(3-13)6(7)8(10)11/h2,8,13H,3H2,1H3. The van der Waals surface area contributed by atoms with Crippen LogP contribution in [-0.2, 0) is 6.61 Å². The molecule has 0 amide bonds. The molecule has 0 fully saturated rings. The third-order valence-electron chi connectivity index (χ3n) is 1.68. The average Bonchev–Trinajstić information content (AvgIpc) is 2.17. The van der Waals surface area contributed by atoms with Crippen LogP contribution in [0.2, 0.25) is 5.02 Å². The molecule has 0 aromatic carbocycles. The van der Waals surface area contributed by atoms with Crippen LogP contribution in [0.3, 0.4) is 0 Å². The fraction of sp³-hybridized carbons (Fsp3) is 0.375. The Balaban J connectivity index is 3.36. The molecule has 0 saturated heterocycles. The molecule has 0 unspecified atom stereocenters. The quantitative estimate of drug-likeness (QED) is 0.854. The van der Waals surface area contributed by atoms with Gasteiger partial charge in [-0.1, -0.05) is 11.6 Å². The van der Waals surface area contributed by atoms with Gasteiger partial charge in [0.15, 0.2) is 0 Å². The minimum Gasteiger partial charge on any atom is -0.495 e. The van der Waals surface area contributed by atoms with E-state index in [0.717, 1.165) is 6.20 Å². The van der Waals surface area contributed by atoms with Crippen molar-refractivity contribution in [1.29, 1.82) is 0 Å². The van der Waals surface area contributed by atoms with E-state index in [-0.39, 0.29) is 16.5 Å². The summed E-state index contributed by atoms with van der Waals surface area (Å²) in [5, 5.41) is 8.78. The maximum atomic E-state index is 12.6. The van der Waals surface area contributed by atoms with Gasteiger partial charge in [-0.2, -0.15) is 0 Å². The smallest absolute Gasteiger partial charge is 0.269 e. The van der Waals surface area contributed by atoms with E-state index in [1.807, 2.05) is 0 Å². The number of rotatable bonds is 3. The molecular formula is C8H8ClF2NO2. The lowest BCUT2D eigenvalue weighted by Gasteiger charge is -2.12. The first-order valence-corrected chi connectivity index (χ1v) is 4.09. The summed E-state index contributed by atoms with van der Waals surface area (Å²) in [5.74, 6) is -0.138. The third-order valence-corrected chi connectivity index (χ3v) is 1.95. The number of halogens is 3. The van der Waals surface area contributed by atoms with Crippen molar-refractivity contribution in [3.8, 4) is 5.75 Å². The van der Waals surface area contributed by atoms with Gasteiger partial charge < -0.3 is 9.84 Å². The minimum atomic E-state index is -2.78. The summed E-state index contributed by atoms with van der Waals surface area (Å²) in [7, 11) is 1.23. The number of alkyl halides is 2. The number of methoxy groups -OCH3 is 1.